The first-order chi connectivity index (χ1) is 16.0. The van der Waals surface area contributed by atoms with Gasteiger partial charge in [-0.1, -0.05) is 60.7 Å². The summed E-state index contributed by atoms with van der Waals surface area (Å²) < 4.78 is 11.8. The Morgan fingerprint density at radius 2 is 1.70 bits per heavy atom. The van der Waals surface area contributed by atoms with Gasteiger partial charge in [-0.3, -0.25) is 9.36 Å². The molecule has 1 aromatic heterocycles. The number of hydrogen-bond donors (Lipinski definition) is 0. The lowest BCUT2D eigenvalue weighted by Gasteiger charge is -2.25. The molecule has 2 heterocycles. The highest BCUT2D eigenvalue weighted by Gasteiger charge is 2.33. The summed E-state index contributed by atoms with van der Waals surface area (Å²) in [7, 11) is 2.65. The van der Waals surface area contributed by atoms with Crippen molar-refractivity contribution in [3.63, 3.8) is 0 Å². The molecule has 0 amide bonds. The quantitative estimate of drug-likeness (QED) is 0.544. The standard InChI is InChI=1S/C25H22N2O5S/c1-4-18-20(24(30)32-3)21(16-8-6-5-7-9-16)27-22(28)19(33-25(27)26-18)14-15-10-12-17(13-11-15)23(29)31-2/h5-14,21H,4H2,1-3H3/b19-14-/t21-/m0/s1. The van der Waals surface area contributed by atoms with Gasteiger partial charge in [0.2, 0.25) is 0 Å². The van der Waals surface area contributed by atoms with E-state index in [1.54, 1.807) is 34.9 Å². The number of rotatable bonds is 5. The van der Waals surface area contributed by atoms with Crippen LogP contribution in [0.25, 0.3) is 6.08 Å². The van der Waals surface area contributed by atoms with Crippen LogP contribution in [0.3, 0.4) is 0 Å². The number of aromatic nitrogens is 1. The van der Waals surface area contributed by atoms with Crippen LogP contribution in [0.4, 0.5) is 0 Å². The lowest BCUT2D eigenvalue weighted by Crippen LogP contribution is -2.40. The number of hydrogen-bond acceptors (Lipinski definition) is 7. The Kier molecular flexibility index (Phi) is 6.37. The van der Waals surface area contributed by atoms with Crippen molar-refractivity contribution in [1.29, 1.82) is 0 Å². The molecule has 0 saturated heterocycles. The number of thiazole rings is 1. The van der Waals surface area contributed by atoms with Gasteiger partial charge in [-0.15, -0.1) is 0 Å². The van der Waals surface area contributed by atoms with E-state index in [-0.39, 0.29) is 5.56 Å². The number of esters is 2. The molecule has 1 aliphatic heterocycles. The van der Waals surface area contributed by atoms with Crippen LogP contribution < -0.4 is 14.9 Å². The van der Waals surface area contributed by atoms with Crippen LogP contribution in [0.1, 0.15) is 40.9 Å². The minimum Gasteiger partial charge on any atom is -0.466 e. The number of benzene rings is 2. The van der Waals surface area contributed by atoms with Crippen molar-refractivity contribution in [3.05, 3.63) is 102 Å². The summed E-state index contributed by atoms with van der Waals surface area (Å²) in [4.78, 5) is 43.1. The second-order valence-electron chi connectivity index (χ2n) is 7.31. The Hall–Kier alpha value is -3.78. The van der Waals surface area contributed by atoms with Crippen LogP contribution in [0, 0.1) is 0 Å². The topological polar surface area (TPSA) is 87.0 Å². The second kappa shape index (κ2) is 9.38. The van der Waals surface area contributed by atoms with Gasteiger partial charge in [-0.05, 0) is 35.8 Å². The average Bonchev–Trinajstić information content (AvgIpc) is 3.17. The van der Waals surface area contributed by atoms with Gasteiger partial charge in [-0.25, -0.2) is 14.6 Å². The van der Waals surface area contributed by atoms with Crippen LogP contribution in [0.2, 0.25) is 0 Å². The summed E-state index contributed by atoms with van der Waals surface area (Å²) >= 11 is 1.26. The largest absolute Gasteiger partial charge is 0.466 e. The van der Waals surface area contributed by atoms with Crippen LogP contribution in [0.5, 0.6) is 0 Å². The van der Waals surface area contributed by atoms with E-state index in [4.69, 9.17) is 9.47 Å². The van der Waals surface area contributed by atoms with Crippen LogP contribution in [-0.4, -0.2) is 30.7 Å². The second-order valence-corrected chi connectivity index (χ2v) is 8.32. The summed E-state index contributed by atoms with van der Waals surface area (Å²) in [6.45, 7) is 1.92. The first-order valence-electron chi connectivity index (χ1n) is 10.3. The highest BCUT2D eigenvalue weighted by molar-refractivity contribution is 7.07. The van der Waals surface area contributed by atoms with Crippen molar-refractivity contribution in [3.8, 4) is 0 Å². The molecule has 0 aliphatic carbocycles. The first-order valence-corrected chi connectivity index (χ1v) is 11.2. The molecule has 0 N–H and O–H groups in total. The van der Waals surface area contributed by atoms with Gasteiger partial charge < -0.3 is 9.47 Å². The summed E-state index contributed by atoms with van der Waals surface area (Å²) in [6, 6.07) is 15.5. The van der Waals surface area contributed by atoms with Crippen molar-refractivity contribution in [2.45, 2.75) is 19.4 Å². The van der Waals surface area contributed by atoms with E-state index >= 15 is 0 Å². The SMILES string of the molecule is CCC1=C(C(=O)OC)[C@H](c2ccccc2)n2c(s/c(=C\c3ccc(C(=O)OC)cc3)c2=O)=N1. The molecule has 33 heavy (non-hydrogen) atoms. The molecule has 168 valence electrons. The van der Waals surface area contributed by atoms with Crippen molar-refractivity contribution in [2.24, 2.45) is 4.99 Å². The highest BCUT2D eigenvalue weighted by atomic mass is 32.1. The van der Waals surface area contributed by atoms with E-state index in [9.17, 15) is 14.4 Å². The Morgan fingerprint density at radius 3 is 2.30 bits per heavy atom. The molecule has 0 unspecified atom stereocenters. The van der Waals surface area contributed by atoms with Crippen LogP contribution in [0.15, 0.2) is 75.7 Å². The molecule has 0 fully saturated rings. The number of ether oxygens (including phenoxy) is 2. The van der Waals surface area contributed by atoms with Gasteiger partial charge in [-0.2, -0.15) is 0 Å². The number of nitrogens with zero attached hydrogens (tertiary/aromatic N) is 2. The Labute approximate surface area is 193 Å². The molecule has 0 bridgehead atoms. The average molecular weight is 463 g/mol. The fourth-order valence-corrected chi connectivity index (χ4v) is 4.82. The van der Waals surface area contributed by atoms with E-state index in [1.165, 1.54) is 25.6 Å². The Bertz CT molecular complexity index is 1420. The van der Waals surface area contributed by atoms with Gasteiger partial charge in [0, 0.05) is 0 Å². The number of carbonyl (C=O) groups is 2. The fraction of sp³-hybridized carbons (Fsp3) is 0.200. The third-order valence-corrected chi connectivity index (χ3v) is 6.38. The van der Waals surface area contributed by atoms with Crippen LogP contribution >= 0.6 is 11.3 Å². The summed E-state index contributed by atoms with van der Waals surface area (Å²) in [5.41, 5.74) is 2.70. The molecule has 0 spiro atoms. The maximum atomic E-state index is 13.5. The Morgan fingerprint density at radius 1 is 1.03 bits per heavy atom. The van der Waals surface area contributed by atoms with E-state index in [1.807, 2.05) is 37.3 Å². The zero-order valence-electron chi connectivity index (χ0n) is 18.4. The number of methoxy groups -OCH3 is 2. The van der Waals surface area contributed by atoms with Crippen molar-refractivity contribution in [2.75, 3.05) is 14.2 Å². The maximum Gasteiger partial charge on any atom is 0.338 e. The molecule has 7 nitrogen and oxygen atoms in total. The van der Waals surface area contributed by atoms with E-state index in [2.05, 4.69) is 4.99 Å². The van der Waals surface area contributed by atoms with E-state index in [0.717, 1.165) is 11.1 Å². The lowest BCUT2D eigenvalue weighted by molar-refractivity contribution is -0.136. The third kappa shape index (κ3) is 4.17. The maximum absolute atomic E-state index is 13.5. The highest BCUT2D eigenvalue weighted by Crippen LogP contribution is 2.31. The van der Waals surface area contributed by atoms with Crippen molar-refractivity contribution >= 4 is 29.4 Å². The molecule has 1 atom stereocenters. The molecule has 4 rings (SSSR count). The zero-order chi connectivity index (χ0) is 23.5. The minimum absolute atomic E-state index is 0.249. The normalized spacial score (nSPS) is 15.6. The van der Waals surface area contributed by atoms with E-state index in [0.29, 0.717) is 32.6 Å². The molecule has 2 aromatic carbocycles. The van der Waals surface area contributed by atoms with Gasteiger partial charge in [0.15, 0.2) is 4.80 Å². The minimum atomic E-state index is -0.631. The van der Waals surface area contributed by atoms with Gasteiger partial charge >= 0.3 is 11.9 Å². The predicted molar refractivity (Wildman–Crippen MR) is 125 cm³/mol. The molecule has 3 aromatic rings. The van der Waals surface area contributed by atoms with Crippen LogP contribution in [-0.2, 0) is 14.3 Å². The molecule has 1 aliphatic rings. The number of fused-ring (bicyclic) bond motifs is 1. The smallest absolute Gasteiger partial charge is 0.338 e. The zero-order valence-corrected chi connectivity index (χ0v) is 19.2. The number of carbonyl (C=O) groups excluding carboxylic acids is 2. The van der Waals surface area contributed by atoms with Gasteiger partial charge in [0.25, 0.3) is 5.56 Å². The van der Waals surface area contributed by atoms with Gasteiger partial charge in [0.05, 0.1) is 41.6 Å². The summed E-state index contributed by atoms with van der Waals surface area (Å²) in [6.07, 6.45) is 2.27. The predicted octanol–water partition coefficient (Wildman–Crippen LogP) is 2.58. The third-order valence-electron chi connectivity index (χ3n) is 5.40. The Balaban J connectivity index is 1.91. The summed E-state index contributed by atoms with van der Waals surface area (Å²) in [5, 5.41) is 0. The molecular weight excluding hydrogens is 440 g/mol. The monoisotopic (exact) mass is 462 g/mol. The van der Waals surface area contributed by atoms with Crippen molar-refractivity contribution in [1.82, 2.24) is 4.57 Å². The lowest BCUT2D eigenvalue weighted by atomic mass is 9.95. The molecule has 0 radical (unpaired) electrons. The van der Waals surface area contributed by atoms with Crippen molar-refractivity contribution < 1.29 is 19.1 Å². The van der Waals surface area contributed by atoms with E-state index < -0.39 is 18.0 Å². The molecule has 8 heteroatoms. The number of allylic oxidation sites excluding steroid dienone is 1. The summed E-state index contributed by atoms with van der Waals surface area (Å²) in [5.74, 6) is -0.927. The van der Waals surface area contributed by atoms with Gasteiger partial charge in [0.1, 0.15) is 0 Å². The fourth-order valence-electron chi connectivity index (χ4n) is 3.80. The molecule has 0 saturated carbocycles. The molecular formula is C25H22N2O5S. The first kappa shape index (κ1) is 22.4.